The summed E-state index contributed by atoms with van der Waals surface area (Å²) in [6.07, 6.45) is 28.9. The van der Waals surface area contributed by atoms with Gasteiger partial charge in [-0.2, -0.15) is 0 Å². The van der Waals surface area contributed by atoms with Crippen LogP contribution in [-0.4, -0.2) is 31.4 Å². The first kappa shape index (κ1) is 42.5. The molecule has 0 spiro atoms. The van der Waals surface area contributed by atoms with E-state index in [1.807, 2.05) is 18.2 Å². The van der Waals surface area contributed by atoms with Crippen LogP contribution < -0.4 is 24.5 Å². The van der Waals surface area contributed by atoms with Crippen LogP contribution in [0, 0.1) is 0 Å². The lowest BCUT2D eigenvalue weighted by Gasteiger charge is -2.17. The van der Waals surface area contributed by atoms with Gasteiger partial charge in [0, 0.05) is 16.8 Å². The van der Waals surface area contributed by atoms with E-state index in [1.165, 1.54) is 109 Å². The molecule has 1 aromatic heterocycles. The molecule has 6 nitrogen and oxygen atoms in total. The van der Waals surface area contributed by atoms with E-state index in [2.05, 4.69) is 38.7 Å². The van der Waals surface area contributed by atoms with E-state index in [-0.39, 0.29) is 5.56 Å². The third-order valence-corrected chi connectivity index (χ3v) is 9.97. The van der Waals surface area contributed by atoms with Gasteiger partial charge in [0.1, 0.15) is 0 Å². The predicted octanol–water partition coefficient (Wildman–Crippen LogP) is 13.6. The highest BCUT2D eigenvalue weighted by molar-refractivity contribution is 6.07. The summed E-state index contributed by atoms with van der Waals surface area (Å²) in [5, 5.41) is 2.39. The lowest BCUT2D eigenvalue weighted by Crippen LogP contribution is -2.09. The standard InChI is InChI=1S/C45H73NO5/c1-5-9-13-17-21-25-29-48-41-33-37-38-34-42(49-30-26-22-18-14-10-6-2)44(51-32-28-24-20-16-12-8-4)36-40(38)46-45(47)39(37)35-43(41)50-31-27-23-19-15-11-7-3/h33-36H,5-32H2,1-4H3,(H,46,47). The van der Waals surface area contributed by atoms with Crippen LogP contribution in [0.1, 0.15) is 182 Å². The molecule has 3 aromatic rings. The third kappa shape index (κ3) is 16.1. The Kier molecular flexibility index (Phi) is 22.4. The second-order valence-corrected chi connectivity index (χ2v) is 14.6. The number of aromatic nitrogens is 1. The van der Waals surface area contributed by atoms with E-state index >= 15 is 0 Å². The number of rotatable bonds is 32. The van der Waals surface area contributed by atoms with Crippen LogP contribution in [0.2, 0.25) is 0 Å². The van der Waals surface area contributed by atoms with Gasteiger partial charge in [-0.1, -0.05) is 156 Å². The maximum absolute atomic E-state index is 13.6. The fourth-order valence-corrected chi connectivity index (χ4v) is 6.76. The zero-order valence-corrected chi connectivity index (χ0v) is 33.1. The average Bonchev–Trinajstić information content (AvgIpc) is 3.13. The number of hydrogen-bond acceptors (Lipinski definition) is 5. The van der Waals surface area contributed by atoms with E-state index in [0.29, 0.717) is 49.1 Å². The number of fused-ring (bicyclic) bond motifs is 3. The van der Waals surface area contributed by atoms with Crippen LogP contribution in [0.5, 0.6) is 23.0 Å². The summed E-state index contributed by atoms with van der Waals surface area (Å²) < 4.78 is 25.6. The highest BCUT2D eigenvalue weighted by Crippen LogP contribution is 2.39. The minimum atomic E-state index is -0.132. The topological polar surface area (TPSA) is 69.8 Å². The monoisotopic (exact) mass is 708 g/mol. The van der Waals surface area contributed by atoms with Crippen molar-refractivity contribution in [2.75, 3.05) is 26.4 Å². The van der Waals surface area contributed by atoms with Crippen molar-refractivity contribution in [3.63, 3.8) is 0 Å². The zero-order valence-electron chi connectivity index (χ0n) is 33.1. The van der Waals surface area contributed by atoms with Gasteiger partial charge in [0.15, 0.2) is 23.0 Å². The number of nitrogens with one attached hydrogen (secondary N) is 1. The maximum Gasteiger partial charge on any atom is 0.256 e. The van der Waals surface area contributed by atoms with E-state index in [1.54, 1.807) is 0 Å². The predicted molar refractivity (Wildman–Crippen MR) is 218 cm³/mol. The first-order valence-electron chi connectivity index (χ1n) is 21.3. The zero-order chi connectivity index (χ0) is 36.4. The van der Waals surface area contributed by atoms with Crippen molar-refractivity contribution in [2.24, 2.45) is 0 Å². The van der Waals surface area contributed by atoms with E-state index in [0.717, 1.165) is 67.0 Å². The number of benzene rings is 2. The van der Waals surface area contributed by atoms with Gasteiger partial charge in [-0.3, -0.25) is 4.79 Å². The Hall–Kier alpha value is -2.89. The van der Waals surface area contributed by atoms with Crippen LogP contribution in [0.4, 0.5) is 0 Å². The van der Waals surface area contributed by atoms with Crippen molar-refractivity contribution < 1.29 is 18.9 Å². The Morgan fingerprint density at radius 2 is 0.667 bits per heavy atom. The molecule has 0 aliphatic carbocycles. The molecule has 0 radical (unpaired) electrons. The molecule has 288 valence electrons. The minimum absolute atomic E-state index is 0.132. The summed E-state index contributed by atoms with van der Waals surface area (Å²) in [4.78, 5) is 16.7. The number of H-pyrrole nitrogens is 1. The van der Waals surface area contributed by atoms with E-state index < -0.39 is 0 Å². The SMILES string of the molecule is CCCCCCCCOc1cc2[nH]c(=O)c3cc(OCCCCCCCC)c(OCCCCCCCC)cc3c2cc1OCCCCCCCC. The molecule has 0 aliphatic heterocycles. The molecule has 0 bridgehead atoms. The highest BCUT2D eigenvalue weighted by atomic mass is 16.5. The van der Waals surface area contributed by atoms with E-state index in [4.69, 9.17) is 18.9 Å². The molecule has 3 rings (SSSR count). The van der Waals surface area contributed by atoms with Crippen LogP contribution >= 0.6 is 0 Å². The summed E-state index contributed by atoms with van der Waals surface area (Å²) in [6, 6.07) is 7.94. The first-order chi connectivity index (χ1) is 25.1. The van der Waals surface area contributed by atoms with Crippen LogP contribution in [0.3, 0.4) is 0 Å². The first-order valence-corrected chi connectivity index (χ1v) is 21.3. The van der Waals surface area contributed by atoms with Crippen molar-refractivity contribution in [3.05, 3.63) is 34.6 Å². The lowest BCUT2D eigenvalue weighted by atomic mass is 10.0. The smallest absolute Gasteiger partial charge is 0.256 e. The lowest BCUT2D eigenvalue weighted by molar-refractivity contribution is 0.258. The Bertz CT molecular complexity index is 1400. The molecule has 0 amide bonds. The van der Waals surface area contributed by atoms with Gasteiger partial charge in [0.2, 0.25) is 0 Å². The largest absolute Gasteiger partial charge is 0.490 e. The Labute approximate surface area is 310 Å². The summed E-state index contributed by atoms with van der Waals surface area (Å²) in [7, 11) is 0. The molecule has 0 aliphatic rings. The second kappa shape index (κ2) is 26.8. The summed E-state index contributed by atoms with van der Waals surface area (Å²) in [5.41, 5.74) is 0.618. The molecule has 0 unspecified atom stereocenters. The number of hydrogen-bond donors (Lipinski definition) is 1. The van der Waals surface area contributed by atoms with Gasteiger partial charge in [0.05, 0.1) is 37.3 Å². The third-order valence-electron chi connectivity index (χ3n) is 9.97. The van der Waals surface area contributed by atoms with Crippen molar-refractivity contribution in [3.8, 4) is 23.0 Å². The van der Waals surface area contributed by atoms with Crippen molar-refractivity contribution >= 4 is 21.7 Å². The minimum Gasteiger partial charge on any atom is -0.490 e. The molecule has 1 N–H and O–H groups in total. The van der Waals surface area contributed by atoms with Gasteiger partial charge in [0.25, 0.3) is 5.56 Å². The molecular weight excluding hydrogens is 634 g/mol. The molecule has 51 heavy (non-hydrogen) atoms. The summed E-state index contributed by atoms with van der Waals surface area (Å²) in [5.74, 6) is 2.82. The van der Waals surface area contributed by atoms with Crippen LogP contribution in [0.25, 0.3) is 21.7 Å². The average molecular weight is 708 g/mol. The Morgan fingerprint density at radius 1 is 0.373 bits per heavy atom. The molecule has 0 fully saturated rings. The fourth-order valence-electron chi connectivity index (χ4n) is 6.76. The number of ether oxygens (including phenoxy) is 4. The van der Waals surface area contributed by atoms with Crippen molar-refractivity contribution in [1.29, 1.82) is 0 Å². The fraction of sp³-hybridized carbons (Fsp3) is 0.711. The number of pyridine rings is 1. The molecule has 0 atom stereocenters. The molecule has 6 heteroatoms. The van der Waals surface area contributed by atoms with Gasteiger partial charge in [-0.15, -0.1) is 0 Å². The van der Waals surface area contributed by atoms with Gasteiger partial charge >= 0.3 is 0 Å². The highest BCUT2D eigenvalue weighted by Gasteiger charge is 2.17. The van der Waals surface area contributed by atoms with E-state index in [9.17, 15) is 4.79 Å². The second-order valence-electron chi connectivity index (χ2n) is 14.6. The number of unbranched alkanes of at least 4 members (excludes halogenated alkanes) is 20. The van der Waals surface area contributed by atoms with Gasteiger partial charge in [-0.25, -0.2) is 0 Å². The molecule has 2 aromatic carbocycles. The quantitative estimate of drug-likeness (QED) is 0.0517. The van der Waals surface area contributed by atoms with Crippen molar-refractivity contribution in [1.82, 2.24) is 4.98 Å². The summed E-state index contributed by atoms with van der Waals surface area (Å²) >= 11 is 0. The Morgan fingerprint density at radius 3 is 1.04 bits per heavy atom. The summed E-state index contributed by atoms with van der Waals surface area (Å²) in [6.45, 7) is 11.5. The maximum atomic E-state index is 13.6. The molecule has 0 saturated carbocycles. The molecule has 0 saturated heterocycles. The van der Waals surface area contributed by atoms with Crippen LogP contribution in [0.15, 0.2) is 29.1 Å². The number of aromatic amines is 1. The van der Waals surface area contributed by atoms with Crippen LogP contribution in [-0.2, 0) is 0 Å². The molecule has 1 heterocycles. The normalized spacial score (nSPS) is 11.5. The van der Waals surface area contributed by atoms with Gasteiger partial charge < -0.3 is 23.9 Å². The molecular formula is C45H73NO5. The van der Waals surface area contributed by atoms with Gasteiger partial charge in [-0.05, 0) is 43.9 Å². The van der Waals surface area contributed by atoms with Crippen molar-refractivity contribution in [2.45, 2.75) is 182 Å². The Balaban J connectivity index is 1.87.